The van der Waals surface area contributed by atoms with Crippen molar-refractivity contribution in [3.63, 3.8) is 0 Å². The van der Waals surface area contributed by atoms with Gasteiger partial charge in [-0.1, -0.05) is 38.8 Å². The van der Waals surface area contributed by atoms with E-state index in [9.17, 15) is 18.0 Å². The molecule has 126 valence electrons. The van der Waals surface area contributed by atoms with Crippen molar-refractivity contribution in [1.82, 2.24) is 5.32 Å². The molecule has 0 bridgehead atoms. The Morgan fingerprint density at radius 1 is 1.26 bits per heavy atom. The van der Waals surface area contributed by atoms with Crippen molar-refractivity contribution in [3.8, 4) is 0 Å². The SMILES string of the molecule is C[C@H]1[C@@H](C)CCC[C@H]1NC(=O)/C=C/c1cccc(C(F)(F)F)c1. The molecule has 2 nitrogen and oxygen atoms in total. The van der Waals surface area contributed by atoms with Gasteiger partial charge in [-0.2, -0.15) is 13.2 Å². The number of carbonyl (C=O) groups is 1. The van der Waals surface area contributed by atoms with E-state index in [1.54, 1.807) is 6.07 Å². The summed E-state index contributed by atoms with van der Waals surface area (Å²) in [6.07, 6.45) is 1.57. The molecule has 1 aromatic carbocycles. The zero-order valence-electron chi connectivity index (χ0n) is 13.4. The van der Waals surface area contributed by atoms with Crippen LogP contribution in [-0.4, -0.2) is 11.9 Å². The summed E-state index contributed by atoms with van der Waals surface area (Å²) in [5.74, 6) is 0.726. The van der Waals surface area contributed by atoms with Gasteiger partial charge >= 0.3 is 6.18 Å². The number of alkyl halides is 3. The molecule has 0 heterocycles. The van der Waals surface area contributed by atoms with Gasteiger partial charge in [-0.25, -0.2) is 0 Å². The highest BCUT2D eigenvalue weighted by Gasteiger charge is 2.30. The van der Waals surface area contributed by atoms with Crippen molar-refractivity contribution in [3.05, 3.63) is 41.5 Å². The summed E-state index contributed by atoms with van der Waals surface area (Å²) in [7, 11) is 0. The van der Waals surface area contributed by atoms with Gasteiger partial charge < -0.3 is 5.32 Å². The van der Waals surface area contributed by atoms with Gasteiger partial charge in [-0.15, -0.1) is 0 Å². The Balaban J connectivity index is 1.98. The van der Waals surface area contributed by atoms with Crippen LogP contribution in [0.4, 0.5) is 13.2 Å². The van der Waals surface area contributed by atoms with Crippen LogP contribution in [0.25, 0.3) is 6.08 Å². The van der Waals surface area contributed by atoms with Gasteiger partial charge in [0.15, 0.2) is 0 Å². The summed E-state index contributed by atoms with van der Waals surface area (Å²) in [6, 6.07) is 5.07. The van der Waals surface area contributed by atoms with Gasteiger partial charge in [-0.05, 0) is 42.0 Å². The molecule has 1 N–H and O–H groups in total. The summed E-state index contributed by atoms with van der Waals surface area (Å²) >= 11 is 0. The molecule has 0 saturated heterocycles. The molecule has 0 spiro atoms. The van der Waals surface area contributed by atoms with E-state index in [0.717, 1.165) is 25.0 Å². The number of rotatable bonds is 3. The Morgan fingerprint density at radius 3 is 2.70 bits per heavy atom. The maximum absolute atomic E-state index is 12.7. The third kappa shape index (κ3) is 4.85. The van der Waals surface area contributed by atoms with E-state index in [4.69, 9.17) is 0 Å². The highest BCUT2D eigenvalue weighted by Crippen LogP contribution is 2.30. The quantitative estimate of drug-likeness (QED) is 0.805. The Hall–Kier alpha value is -1.78. The third-order valence-electron chi connectivity index (χ3n) is 4.68. The normalized spacial score (nSPS) is 25.5. The maximum Gasteiger partial charge on any atom is 0.416 e. The summed E-state index contributed by atoms with van der Waals surface area (Å²) in [4.78, 5) is 12.0. The van der Waals surface area contributed by atoms with E-state index in [1.165, 1.54) is 24.6 Å². The van der Waals surface area contributed by atoms with Crippen LogP contribution in [0.1, 0.15) is 44.2 Å². The average molecular weight is 325 g/mol. The second-order valence-corrected chi connectivity index (χ2v) is 6.34. The lowest BCUT2D eigenvalue weighted by molar-refractivity contribution is -0.137. The molecule has 1 aliphatic rings. The van der Waals surface area contributed by atoms with Crippen LogP contribution in [0.15, 0.2) is 30.3 Å². The van der Waals surface area contributed by atoms with Crippen LogP contribution in [0.3, 0.4) is 0 Å². The highest BCUT2D eigenvalue weighted by atomic mass is 19.4. The van der Waals surface area contributed by atoms with Crippen LogP contribution in [0, 0.1) is 11.8 Å². The highest BCUT2D eigenvalue weighted by molar-refractivity contribution is 5.91. The molecule has 0 radical (unpaired) electrons. The fourth-order valence-electron chi connectivity index (χ4n) is 3.01. The number of nitrogens with one attached hydrogen (secondary N) is 1. The Bertz CT molecular complexity index is 580. The number of hydrogen-bond donors (Lipinski definition) is 1. The number of halogens is 3. The molecule has 1 aliphatic carbocycles. The molecule has 1 amide bonds. The summed E-state index contributed by atoms with van der Waals surface area (Å²) in [5.41, 5.74) is -0.352. The van der Waals surface area contributed by atoms with Crippen molar-refractivity contribution in [1.29, 1.82) is 0 Å². The van der Waals surface area contributed by atoms with E-state index in [2.05, 4.69) is 19.2 Å². The third-order valence-corrected chi connectivity index (χ3v) is 4.68. The summed E-state index contributed by atoms with van der Waals surface area (Å²) in [6.45, 7) is 4.31. The van der Waals surface area contributed by atoms with Gasteiger partial charge in [0.2, 0.25) is 5.91 Å². The van der Waals surface area contributed by atoms with E-state index < -0.39 is 11.7 Å². The molecule has 23 heavy (non-hydrogen) atoms. The smallest absolute Gasteiger partial charge is 0.350 e. The van der Waals surface area contributed by atoms with Gasteiger partial charge in [0.25, 0.3) is 0 Å². The molecular weight excluding hydrogens is 303 g/mol. The van der Waals surface area contributed by atoms with Crippen LogP contribution < -0.4 is 5.32 Å². The average Bonchev–Trinajstić information content (AvgIpc) is 2.49. The minimum atomic E-state index is -4.38. The van der Waals surface area contributed by atoms with E-state index in [0.29, 0.717) is 17.4 Å². The van der Waals surface area contributed by atoms with E-state index in [-0.39, 0.29) is 11.9 Å². The van der Waals surface area contributed by atoms with Crippen LogP contribution >= 0.6 is 0 Å². The first kappa shape index (κ1) is 17.6. The molecule has 1 fully saturated rings. The molecule has 0 aliphatic heterocycles. The van der Waals surface area contributed by atoms with Crippen molar-refractivity contribution in [2.75, 3.05) is 0 Å². The van der Waals surface area contributed by atoms with Crippen molar-refractivity contribution in [2.24, 2.45) is 11.8 Å². The van der Waals surface area contributed by atoms with Gasteiger partial charge in [-0.3, -0.25) is 4.79 Å². The van der Waals surface area contributed by atoms with Crippen LogP contribution in [-0.2, 0) is 11.0 Å². The monoisotopic (exact) mass is 325 g/mol. The first-order chi connectivity index (χ1) is 10.8. The number of amides is 1. The van der Waals surface area contributed by atoms with Gasteiger partial charge in [0.1, 0.15) is 0 Å². The summed E-state index contributed by atoms with van der Waals surface area (Å²) in [5, 5.41) is 2.97. The van der Waals surface area contributed by atoms with Gasteiger partial charge in [0, 0.05) is 12.1 Å². The fraction of sp³-hybridized carbons (Fsp3) is 0.500. The van der Waals surface area contributed by atoms with Crippen molar-refractivity contribution >= 4 is 12.0 Å². The van der Waals surface area contributed by atoms with Gasteiger partial charge in [0.05, 0.1) is 5.56 Å². The Morgan fingerprint density at radius 2 is 2.00 bits per heavy atom. The largest absolute Gasteiger partial charge is 0.416 e. The zero-order chi connectivity index (χ0) is 17.0. The van der Waals surface area contributed by atoms with Crippen molar-refractivity contribution in [2.45, 2.75) is 45.3 Å². The molecule has 5 heteroatoms. The minimum absolute atomic E-state index is 0.136. The maximum atomic E-state index is 12.7. The van der Waals surface area contributed by atoms with Crippen LogP contribution in [0.2, 0.25) is 0 Å². The first-order valence-electron chi connectivity index (χ1n) is 7.93. The van der Waals surface area contributed by atoms with E-state index >= 15 is 0 Å². The Kier molecular flexibility index (Phi) is 5.50. The van der Waals surface area contributed by atoms with E-state index in [1.807, 2.05) is 0 Å². The second-order valence-electron chi connectivity index (χ2n) is 6.34. The number of benzene rings is 1. The summed E-state index contributed by atoms with van der Waals surface area (Å²) < 4.78 is 38.0. The topological polar surface area (TPSA) is 29.1 Å². The molecule has 0 aromatic heterocycles. The molecule has 1 aromatic rings. The zero-order valence-corrected chi connectivity index (χ0v) is 13.4. The predicted molar refractivity (Wildman–Crippen MR) is 84.6 cm³/mol. The molecular formula is C18H22F3NO. The predicted octanol–water partition coefficient (Wildman–Crippen LogP) is 4.66. The molecule has 3 atom stereocenters. The number of hydrogen-bond acceptors (Lipinski definition) is 1. The lowest BCUT2D eigenvalue weighted by Crippen LogP contribution is -2.43. The number of carbonyl (C=O) groups excluding carboxylic acids is 1. The molecule has 2 rings (SSSR count). The standard InChI is InChI=1S/C18H22F3NO/c1-12-5-3-8-16(13(12)2)22-17(23)10-9-14-6-4-7-15(11-14)18(19,20)21/h4,6-7,9-13,16H,3,5,8H2,1-2H3,(H,22,23)/b10-9+/t12-,13-,16+/m0/s1. The molecule has 0 unspecified atom stereocenters. The van der Waals surface area contributed by atoms with Crippen LogP contribution in [0.5, 0.6) is 0 Å². The minimum Gasteiger partial charge on any atom is -0.350 e. The second kappa shape index (κ2) is 7.20. The lowest BCUT2D eigenvalue weighted by Gasteiger charge is -2.34. The fourth-order valence-corrected chi connectivity index (χ4v) is 3.01. The Labute approximate surface area is 134 Å². The first-order valence-corrected chi connectivity index (χ1v) is 7.93. The molecule has 1 saturated carbocycles. The lowest BCUT2D eigenvalue weighted by atomic mass is 9.78. The van der Waals surface area contributed by atoms with Crippen molar-refractivity contribution < 1.29 is 18.0 Å².